The molecule has 674 valence electrons. The monoisotopic (exact) mass is 1690 g/mol. The van der Waals surface area contributed by atoms with Gasteiger partial charge in [-0.2, -0.15) is 0 Å². The summed E-state index contributed by atoms with van der Waals surface area (Å²) >= 11 is 0. The third-order valence-electron chi connectivity index (χ3n) is 19.5. The first-order valence-corrected chi connectivity index (χ1v) is 41.8. The maximum atomic E-state index is 15.0. The molecule has 2 rings (SSSR count). The van der Waals surface area contributed by atoms with Crippen molar-refractivity contribution in [2.24, 2.45) is 69.7 Å². The molecule has 39 nitrogen and oxygen atoms in total. The van der Waals surface area contributed by atoms with Gasteiger partial charge in [-0.3, -0.25) is 73.8 Å². The number of carbonyl (C=O) groups is 13. The van der Waals surface area contributed by atoms with Crippen molar-refractivity contribution in [3.05, 3.63) is 71.8 Å². The van der Waals surface area contributed by atoms with Crippen molar-refractivity contribution in [2.45, 2.75) is 270 Å². The summed E-state index contributed by atoms with van der Waals surface area (Å²) in [6.45, 7) is 18.5. The second kappa shape index (κ2) is 57.4. The molecular weight excluding hydrogens is 1550 g/mol. The summed E-state index contributed by atoms with van der Waals surface area (Å²) in [4.78, 5) is 187. The lowest BCUT2D eigenvalue weighted by Gasteiger charge is -2.30. The molecule has 0 radical (unpaired) electrons. The Labute approximate surface area is 705 Å². The highest BCUT2D eigenvalue weighted by molar-refractivity contribution is 6.00. The van der Waals surface area contributed by atoms with E-state index in [1.54, 1.807) is 116 Å². The molecule has 0 bridgehead atoms. The van der Waals surface area contributed by atoms with E-state index >= 15 is 4.79 Å². The highest BCUT2D eigenvalue weighted by atomic mass is 16.4. The van der Waals surface area contributed by atoms with Crippen LogP contribution < -0.4 is 120 Å². The Morgan fingerprint density at radius 2 is 0.550 bits per heavy atom. The predicted octanol–water partition coefficient (Wildman–Crippen LogP) is -2.06. The number of nitrogens with one attached hydrogen (secondary N) is 18. The maximum absolute atomic E-state index is 15.0. The van der Waals surface area contributed by atoms with Crippen LogP contribution in [0.5, 0.6) is 0 Å². The Kier molecular flexibility index (Phi) is 50.3. The third kappa shape index (κ3) is 42.2. The van der Waals surface area contributed by atoms with Gasteiger partial charge in [-0.25, -0.2) is 4.79 Å². The van der Waals surface area contributed by atoms with Gasteiger partial charge in [0.05, 0.1) is 6.04 Å². The molecule has 0 saturated carbocycles. The lowest BCUT2D eigenvalue weighted by molar-refractivity contribution is -0.142. The molecule has 0 aliphatic carbocycles. The normalized spacial score (nSPS) is 14.5. The van der Waals surface area contributed by atoms with E-state index in [0.717, 1.165) is 0 Å². The van der Waals surface area contributed by atoms with E-state index in [0.29, 0.717) is 56.2 Å². The molecule has 2 aromatic rings. The van der Waals surface area contributed by atoms with Gasteiger partial charge in [0, 0.05) is 32.5 Å². The molecule has 39 heteroatoms. The Balaban J connectivity index is 2.63. The summed E-state index contributed by atoms with van der Waals surface area (Å²) in [7, 11) is 0. The number of aliphatic carboxylic acids is 1. The highest BCUT2D eigenvalue weighted by Gasteiger charge is 2.39. The van der Waals surface area contributed by atoms with Crippen molar-refractivity contribution < 1.29 is 67.4 Å². The van der Waals surface area contributed by atoms with E-state index in [1.165, 1.54) is 0 Å². The van der Waals surface area contributed by atoms with Crippen LogP contribution in [0.4, 0.5) is 0 Å². The van der Waals surface area contributed by atoms with Crippen molar-refractivity contribution in [1.29, 1.82) is 16.2 Å². The van der Waals surface area contributed by atoms with E-state index in [1.807, 2.05) is 13.8 Å². The van der Waals surface area contributed by atoms with E-state index in [2.05, 4.69) is 79.8 Å². The highest BCUT2D eigenvalue weighted by Crippen LogP contribution is 2.17. The Morgan fingerprint density at radius 1 is 0.308 bits per heavy atom. The number of hydrogen-bond donors (Lipinski definition) is 26. The van der Waals surface area contributed by atoms with Crippen molar-refractivity contribution in [2.75, 3.05) is 39.3 Å². The number of benzene rings is 2. The number of guanidine groups is 3. The van der Waals surface area contributed by atoms with E-state index < -0.39 is 173 Å². The number of nitrogens with two attached hydrogens (primary N) is 7. The molecule has 120 heavy (non-hydrogen) atoms. The van der Waals surface area contributed by atoms with Gasteiger partial charge >= 0.3 is 5.97 Å². The van der Waals surface area contributed by atoms with Crippen LogP contribution in [0.25, 0.3) is 0 Å². The topological polar surface area (TPSA) is 676 Å². The Morgan fingerprint density at radius 3 is 0.850 bits per heavy atom. The molecule has 0 heterocycles. The quantitative estimate of drug-likeness (QED) is 0.0192. The van der Waals surface area contributed by atoms with Gasteiger partial charge in [0.25, 0.3) is 0 Å². The van der Waals surface area contributed by atoms with Gasteiger partial charge in [0.1, 0.15) is 72.5 Å². The zero-order valence-corrected chi connectivity index (χ0v) is 71.6. The van der Waals surface area contributed by atoms with Crippen molar-refractivity contribution in [3.63, 3.8) is 0 Å². The van der Waals surface area contributed by atoms with Gasteiger partial charge in [-0.1, -0.05) is 130 Å². The van der Waals surface area contributed by atoms with Crippen LogP contribution in [-0.2, 0) is 75.2 Å². The van der Waals surface area contributed by atoms with Crippen molar-refractivity contribution in [3.8, 4) is 0 Å². The van der Waals surface area contributed by atoms with Crippen molar-refractivity contribution >= 4 is 94.7 Å². The Hall–Kier alpha value is -10.8. The molecule has 0 spiro atoms. The van der Waals surface area contributed by atoms with Crippen LogP contribution in [0.3, 0.4) is 0 Å². The zero-order valence-electron chi connectivity index (χ0n) is 71.6. The standard InChI is InChI=1S/C81H141N25O14/c1-46(2)42-53(85)66(107)95-55(31-18-21-37-83)70(111)105-65(50(9)10)77(118)106-64(49(7)8)76(117)103-62(45-52-28-15-12-16-29-52)74(115)99-56(32-19-22-38-84)71(112)104-63(48(5)6)75(116)102-60(43-47(3)4)72(113)101-61(44-51-26-13-11-14-27-51)73(114)98-54(30-17-20-36-82)67(108)96-57(33-23-39-92-79(86)87)68(109)97-58(34-24-40-93-80(88)89)69(110)100-59(78(119)120)35-25-41-94-81(90)91/h11-16,26-29,46-50,53-65H,17-25,30-45,82-85H2,1-10H3,(H,95,107)(H,96,108)(H,97,109)(H,98,114)(H,99,115)(H,100,110)(H,101,113)(H,102,116)(H,103,117)(H,104,112)(H,105,111)(H,106,118)(H,119,120)(H4,86,87,92)(H4,88,89,93)(H4,90,91,94)/t53-,54-,55-,56-,57-,58-,59-,60-,61-,62-,63-,64-,65-/m0/s1. The van der Waals surface area contributed by atoms with Crippen LogP contribution in [0.15, 0.2) is 60.7 Å². The molecule has 0 saturated heterocycles. The average Bonchev–Trinajstić information content (AvgIpc) is 0.950. The molecule has 12 amide bonds. The van der Waals surface area contributed by atoms with E-state index in [4.69, 9.17) is 56.4 Å². The summed E-state index contributed by atoms with van der Waals surface area (Å²) in [6.07, 6.45) is 2.71. The lowest BCUT2D eigenvalue weighted by atomic mass is 9.97. The van der Waals surface area contributed by atoms with Crippen LogP contribution >= 0.6 is 0 Å². The summed E-state index contributed by atoms with van der Waals surface area (Å²) in [6, 6.07) is 0.148. The molecule has 33 N–H and O–H groups in total. The molecule has 0 aliphatic rings. The predicted molar refractivity (Wildman–Crippen MR) is 459 cm³/mol. The number of carboxylic acids is 1. The second-order valence-electron chi connectivity index (χ2n) is 32.1. The first kappa shape index (κ1) is 105. The van der Waals surface area contributed by atoms with Gasteiger partial charge in [-0.15, -0.1) is 0 Å². The summed E-state index contributed by atoms with van der Waals surface area (Å²) in [5.41, 5.74) is 41.4. The minimum absolute atomic E-state index is 0.00206. The molecule has 0 aromatic heterocycles. The molecular formula is C81H141N25O14. The van der Waals surface area contributed by atoms with Crippen LogP contribution in [0.1, 0.15) is 190 Å². The maximum Gasteiger partial charge on any atom is 0.326 e. The smallest absolute Gasteiger partial charge is 0.326 e. The molecule has 2 aromatic carbocycles. The fourth-order valence-electron chi connectivity index (χ4n) is 12.9. The first-order valence-electron chi connectivity index (χ1n) is 41.8. The van der Waals surface area contributed by atoms with Gasteiger partial charge in [0.15, 0.2) is 17.9 Å². The number of hydrogen-bond acceptors (Lipinski definition) is 20. The minimum atomic E-state index is -1.46. The molecule has 13 atom stereocenters. The molecule has 0 unspecified atom stereocenters. The fourth-order valence-corrected chi connectivity index (χ4v) is 12.9. The van der Waals surface area contributed by atoms with E-state index in [9.17, 15) is 62.6 Å². The second-order valence-corrected chi connectivity index (χ2v) is 32.1. The lowest BCUT2D eigenvalue weighted by Crippen LogP contribution is -2.62. The number of rotatable bonds is 60. The van der Waals surface area contributed by atoms with Crippen molar-refractivity contribution in [1.82, 2.24) is 79.8 Å². The van der Waals surface area contributed by atoms with Crippen LogP contribution in [0, 0.1) is 45.8 Å². The fraction of sp³-hybridized carbons (Fsp3) is 0.654. The Bertz CT molecular complexity index is 3580. The van der Waals surface area contributed by atoms with Crippen LogP contribution in [-0.4, -0.2) is 218 Å². The molecule has 0 fully saturated rings. The summed E-state index contributed by atoms with van der Waals surface area (Å²) in [5.74, 6) is -14.0. The zero-order chi connectivity index (χ0) is 90.1. The number of carbonyl (C=O) groups excluding carboxylic acids is 12. The molecule has 0 aliphatic heterocycles. The summed E-state index contributed by atoms with van der Waals surface area (Å²) in [5, 5.41) is 73.5. The van der Waals surface area contributed by atoms with Gasteiger partial charge in [-0.05, 0) is 170 Å². The first-order chi connectivity index (χ1) is 56.7. The average molecular weight is 1690 g/mol. The SMILES string of the molecule is CC(C)C[C@H](NC(=O)[C@@H](NC(=O)[C@H](CCCCN)NC(=O)[C@H](Cc1ccccc1)NC(=O)[C@@H](NC(=O)[C@@H](NC(=O)[C@H](CCCCN)NC(=O)[C@@H](N)CC(C)C)C(C)C)C(C)C)C(C)C)C(=O)N[C@@H](Cc1ccccc1)C(=O)N[C@@H](CCCCN)C(=O)N[C@@H](CCCNC(=N)N)C(=O)N[C@@H](CCCNC(=N)N)C(=O)N[C@@H](CCCNC(=N)N)C(=O)O. The minimum Gasteiger partial charge on any atom is -0.480 e. The largest absolute Gasteiger partial charge is 0.480 e. The van der Waals surface area contributed by atoms with E-state index in [-0.39, 0.29) is 146 Å². The number of amides is 12. The summed E-state index contributed by atoms with van der Waals surface area (Å²) < 4.78 is 0. The van der Waals surface area contributed by atoms with Gasteiger partial charge in [0.2, 0.25) is 70.9 Å². The van der Waals surface area contributed by atoms with Crippen LogP contribution in [0.2, 0.25) is 0 Å². The van der Waals surface area contributed by atoms with Gasteiger partial charge < -0.3 is 125 Å². The number of carboxylic acid groups (broad SMARTS) is 1. The number of unbranched alkanes of at least 4 members (excludes halogenated alkanes) is 3. The third-order valence-corrected chi connectivity index (χ3v) is 19.5.